The minimum atomic E-state index is -0.415. The van der Waals surface area contributed by atoms with E-state index in [4.69, 9.17) is 0 Å². The molecule has 0 aliphatic carbocycles. The molecule has 0 heterocycles. The van der Waals surface area contributed by atoms with Crippen molar-refractivity contribution in [2.24, 2.45) is 5.92 Å². The quantitative estimate of drug-likeness (QED) is 0.609. The maximum absolute atomic E-state index is 10.7. The van der Waals surface area contributed by atoms with E-state index in [1.165, 1.54) is 12.1 Å². The second-order valence-electron chi connectivity index (χ2n) is 4.49. The summed E-state index contributed by atoms with van der Waals surface area (Å²) in [5, 5.41) is 23.0. The number of nitrogens with one attached hydrogen (secondary N) is 1. The first-order valence-electron chi connectivity index (χ1n) is 5.57. The van der Waals surface area contributed by atoms with Crippen molar-refractivity contribution in [1.82, 2.24) is 0 Å². The molecule has 1 unspecified atom stereocenters. The Morgan fingerprint density at radius 1 is 1.41 bits per heavy atom. The molecule has 1 aromatic carbocycles. The SMILES string of the molecule is Cc1cc(NC(CO)C(C)C)cc([N+](=O)[O-])c1. The highest BCUT2D eigenvalue weighted by atomic mass is 16.6. The van der Waals surface area contributed by atoms with Gasteiger partial charge in [0.1, 0.15) is 0 Å². The second-order valence-corrected chi connectivity index (χ2v) is 4.49. The van der Waals surface area contributed by atoms with Gasteiger partial charge in [0, 0.05) is 17.8 Å². The van der Waals surface area contributed by atoms with Gasteiger partial charge in [-0.1, -0.05) is 13.8 Å². The maximum Gasteiger partial charge on any atom is 0.271 e. The van der Waals surface area contributed by atoms with E-state index in [1.54, 1.807) is 0 Å². The molecule has 1 aromatic rings. The summed E-state index contributed by atoms with van der Waals surface area (Å²) in [6.07, 6.45) is 0. The van der Waals surface area contributed by atoms with Crippen molar-refractivity contribution < 1.29 is 10.0 Å². The molecule has 0 radical (unpaired) electrons. The number of nitro benzene ring substituents is 1. The fourth-order valence-electron chi connectivity index (χ4n) is 1.59. The molecule has 0 aromatic heterocycles. The van der Waals surface area contributed by atoms with E-state index in [0.717, 1.165) is 5.56 Å². The molecular weight excluding hydrogens is 220 g/mol. The number of aliphatic hydroxyl groups is 1. The van der Waals surface area contributed by atoms with Gasteiger partial charge in [0.05, 0.1) is 17.6 Å². The largest absolute Gasteiger partial charge is 0.394 e. The Morgan fingerprint density at radius 2 is 2.06 bits per heavy atom. The molecule has 0 spiro atoms. The van der Waals surface area contributed by atoms with Crippen molar-refractivity contribution in [3.8, 4) is 0 Å². The van der Waals surface area contributed by atoms with Crippen LogP contribution in [0.1, 0.15) is 19.4 Å². The number of benzene rings is 1. The minimum Gasteiger partial charge on any atom is -0.394 e. The van der Waals surface area contributed by atoms with Crippen LogP contribution < -0.4 is 5.32 Å². The van der Waals surface area contributed by atoms with Crippen molar-refractivity contribution in [3.63, 3.8) is 0 Å². The highest BCUT2D eigenvalue weighted by Gasteiger charge is 2.14. The number of hydrogen-bond acceptors (Lipinski definition) is 4. The summed E-state index contributed by atoms with van der Waals surface area (Å²) in [7, 11) is 0. The predicted octanol–water partition coefficient (Wildman–Crippen LogP) is 2.33. The summed E-state index contributed by atoms with van der Waals surface area (Å²) in [6, 6.07) is 4.74. The fraction of sp³-hybridized carbons (Fsp3) is 0.500. The van der Waals surface area contributed by atoms with Crippen molar-refractivity contribution in [2.45, 2.75) is 26.8 Å². The van der Waals surface area contributed by atoms with Crippen LogP contribution >= 0.6 is 0 Å². The highest BCUT2D eigenvalue weighted by Crippen LogP contribution is 2.22. The monoisotopic (exact) mass is 238 g/mol. The van der Waals surface area contributed by atoms with Gasteiger partial charge in [-0.15, -0.1) is 0 Å². The summed E-state index contributed by atoms with van der Waals surface area (Å²) in [5.41, 5.74) is 1.56. The van der Waals surface area contributed by atoms with Gasteiger partial charge in [0.15, 0.2) is 0 Å². The molecule has 0 saturated heterocycles. The number of rotatable bonds is 5. The molecule has 2 N–H and O–H groups in total. The van der Waals surface area contributed by atoms with E-state index in [9.17, 15) is 15.2 Å². The lowest BCUT2D eigenvalue weighted by atomic mass is 10.0. The molecule has 0 saturated carbocycles. The third kappa shape index (κ3) is 3.71. The molecule has 94 valence electrons. The first-order chi connectivity index (χ1) is 7.93. The van der Waals surface area contributed by atoms with Crippen LogP contribution in [-0.4, -0.2) is 22.7 Å². The molecule has 0 amide bonds. The third-order valence-corrected chi connectivity index (χ3v) is 2.63. The lowest BCUT2D eigenvalue weighted by Crippen LogP contribution is -2.29. The van der Waals surface area contributed by atoms with Crippen molar-refractivity contribution in [1.29, 1.82) is 0 Å². The Hall–Kier alpha value is -1.62. The van der Waals surface area contributed by atoms with Crippen LogP contribution in [0.4, 0.5) is 11.4 Å². The molecule has 5 heteroatoms. The molecule has 5 nitrogen and oxygen atoms in total. The van der Waals surface area contributed by atoms with Crippen LogP contribution in [0, 0.1) is 23.0 Å². The summed E-state index contributed by atoms with van der Waals surface area (Å²) in [4.78, 5) is 10.3. The molecule has 0 aliphatic heterocycles. The first-order valence-corrected chi connectivity index (χ1v) is 5.57. The number of hydrogen-bond donors (Lipinski definition) is 2. The van der Waals surface area contributed by atoms with Gasteiger partial charge < -0.3 is 10.4 Å². The lowest BCUT2D eigenvalue weighted by Gasteiger charge is -2.21. The fourth-order valence-corrected chi connectivity index (χ4v) is 1.59. The van der Waals surface area contributed by atoms with Gasteiger partial charge in [0.2, 0.25) is 0 Å². The average Bonchev–Trinajstić information content (AvgIpc) is 2.24. The van der Waals surface area contributed by atoms with E-state index in [1.807, 2.05) is 26.8 Å². The first kappa shape index (κ1) is 13.4. The van der Waals surface area contributed by atoms with Crippen LogP contribution in [0.2, 0.25) is 0 Å². The van der Waals surface area contributed by atoms with Gasteiger partial charge in [-0.25, -0.2) is 0 Å². The predicted molar refractivity (Wildman–Crippen MR) is 67.2 cm³/mol. The molecule has 0 fully saturated rings. The highest BCUT2D eigenvalue weighted by molar-refractivity contribution is 5.54. The maximum atomic E-state index is 10.7. The smallest absolute Gasteiger partial charge is 0.271 e. The molecule has 0 aliphatic rings. The Bertz CT molecular complexity index is 405. The van der Waals surface area contributed by atoms with Crippen LogP contribution in [0.5, 0.6) is 0 Å². The molecule has 1 rings (SSSR count). The van der Waals surface area contributed by atoms with E-state index >= 15 is 0 Å². The number of aliphatic hydroxyl groups excluding tert-OH is 1. The van der Waals surface area contributed by atoms with Gasteiger partial charge >= 0.3 is 0 Å². The van der Waals surface area contributed by atoms with Gasteiger partial charge in [0.25, 0.3) is 5.69 Å². The standard InChI is InChI=1S/C12H18N2O3/c1-8(2)12(7-15)13-10-4-9(3)5-11(6-10)14(16)17/h4-6,8,12-13,15H,7H2,1-3H3. The minimum absolute atomic E-state index is 0.000589. The lowest BCUT2D eigenvalue weighted by molar-refractivity contribution is -0.384. The van der Waals surface area contributed by atoms with Crippen LogP contribution in [0.15, 0.2) is 18.2 Å². The number of nitrogens with zero attached hydrogens (tertiary/aromatic N) is 1. The van der Waals surface area contributed by atoms with Crippen molar-refractivity contribution in [3.05, 3.63) is 33.9 Å². The Kier molecular flexibility index (Phi) is 4.45. The van der Waals surface area contributed by atoms with E-state index < -0.39 is 4.92 Å². The summed E-state index contributed by atoms with van der Waals surface area (Å²) >= 11 is 0. The van der Waals surface area contributed by atoms with Crippen LogP contribution in [-0.2, 0) is 0 Å². The van der Waals surface area contributed by atoms with Crippen molar-refractivity contribution in [2.75, 3.05) is 11.9 Å². The molecular formula is C12H18N2O3. The summed E-state index contributed by atoms with van der Waals surface area (Å²) in [6.45, 7) is 5.77. The zero-order valence-electron chi connectivity index (χ0n) is 10.3. The van der Waals surface area contributed by atoms with E-state index in [2.05, 4.69) is 5.32 Å². The Labute approximate surface area is 101 Å². The average molecular weight is 238 g/mol. The van der Waals surface area contributed by atoms with Gasteiger partial charge in [-0.05, 0) is 24.5 Å². The number of nitro groups is 1. The number of aryl methyl sites for hydroxylation is 1. The Balaban J connectivity index is 2.94. The zero-order valence-corrected chi connectivity index (χ0v) is 10.3. The zero-order chi connectivity index (χ0) is 13.0. The summed E-state index contributed by atoms with van der Waals surface area (Å²) in [5.74, 6) is 0.250. The van der Waals surface area contributed by atoms with E-state index in [-0.39, 0.29) is 24.3 Å². The Morgan fingerprint density at radius 3 is 2.53 bits per heavy atom. The van der Waals surface area contributed by atoms with Gasteiger partial charge in [-0.2, -0.15) is 0 Å². The van der Waals surface area contributed by atoms with Crippen molar-refractivity contribution >= 4 is 11.4 Å². The number of anilines is 1. The summed E-state index contributed by atoms with van der Waals surface area (Å²) < 4.78 is 0. The molecule has 1 atom stereocenters. The normalized spacial score (nSPS) is 12.5. The third-order valence-electron chi connectivity index (χ3n) is 2.63. The van der Waals surface area contributed by atoms with Crippen LogP contribution in [0.3, 0.4) is 0 Å². The number of non-ortho nitro benzene ring substituents is 1. The molecule has 17 heavy (non-hydrogen) atoms. The topological polar surface area (TPSA) is 75.4 Å². The van der Waals surface area contributed by atoms with E-state index in [0.29, 0.717) is 5.69 Å². The molecule has 0 bridgehead atoms. The second kappa shape index (κ2) is 5.63. The van der Waals surface area contributed by atoms with Gasteiger partial charge in [-0.3, -0.25) is 10.1 Å². The van der Waals surface area contributed by atoms with Crippen LogP contribution in [0.25, 0.3) is 0 Å².